The third-order valence-corrected chi connectivity index (χ3v) is 5.29. The smallest absolute Gasteiger partial charge is 0.191 e. The standard InChI is InChI=1S/C21H37N5O3/c1-6-25(3)10-9-23-21(22-2)24-16-18(26-11-13-29-14-12-26)17-7-8-19(27-4)20(15-17)28-5/h7-8,15,18H,6,9-14,16H2,1-5H3,(H2,22,23,24). The number of hydrogen-bond donors (Lipinski definition) is 2. The van der Waals surface area contributed by atoms with Gasteiger partial charge in [0.05, 0.1) is 33.5 Å². The lowest BCUT2D eigenvalue weighted by Gasteiger charge is -2.35. The first-order chi connectivity index (χ1) is 14.1. The number of likely N-dealkylation sites (N-methyl/N-ethyl adjacent to an activating group) is 1. The van der Waals surface area contributed by atoms with E-state index in [1.54, 1.807) is 21.3 Å². The number of ether oxygens (including phenoxy) is 3. The Kier molecular flexibility index (Phi) is 10.0. The highest BCUT2D eigenvalue weighted by Crippen LogP contribution is 2.32. The van der Waals surface area contributed by atoms with Gasteiger partial charge in [-0.25, -0.2) is 0 Å². The summed E-state index contributed by atoms with van der Waals surface area (Å²) in [4.78, 5) is 9.08. The highest BCUT2D eigenvalue weighted by atomic mass is 16.5. The van der Waals surface area contributed by atoms with Crippen molar-refractivity contribution in [3.05, 3.63) is 23.8 Å². The van der Waals surface area contributed by atoms with Crippen LogP contribution in [-0.4, -0.2) is 96.6 Å². The van der Waals surface area contributed by atoms with Gasteiger partial charge in [-0.05, 0) is 31.3 Å². The van der Waals surface area contributed by atoms with Crippen LogP contribution in [0.5, 0.6) is 11.5 Å². The number of methoxy groups -OCH3 is 2. The Morgan fingerprint density at radius 2 is 1.93 bits per heavy atom. The molecule has 164 valence electrons. The van der Waals surface area contributed by atoms with E-state index >= 15 is 0 Å². The number of nitrogens with zero attached hydrogens (tertiary/aromatic N) is 3. The van der Waals surface area contributed by atoms with Crippen LogP contribution in [-0.2, 0) is 4.74 Å². The molecule has 0 saturated carbocycles. The minimum absolute atomic E-state index is 0.176. The molecule has 0 spiro atoms. The number of rotatable bonds is 10. The van der Waals surface area contributed by atoms with E-state index in [4.69, 9.17) is 14.2 Å². The number of hydrogen-bond acceptors (Lipinski definition) is 6. The van der Waals surface area contributed by atoms with Crippen LogP contribution in [0.25, 0.3) is 0 Å². The second-order valence-electron chi connectivity index (χ2n) is 7.05. The molecule has 0 bridgehead atoms. The van der Waals surface area contributed by atoms with E-state index in [2.05, 4.69) is 51.5 Å². The minimum Gasteiger partial charge on any atom is -0.493 e. The molecule has 1 atom stereocenters. The third kappa shape index (κ3) is 7.06. The molecule has 1 aliphatic heterocycles. The molecular weight excluding hydrogens is 370 g/mol. The summed E-state index contributed by atoms with van der Waals surface area (Å²) in [5.74, 6) is 2.30. The molecule has 1 aromatic rings. The molecule has 2 N–H and O–H groups in total. The number of guanidine groups is 1. The topological polar surface area (TPSA) is 70.6 Å². The van der Waals surface area contributed by atoms with Crippen molar-refractivity contribution in [2.75, 3.05) is 80.8 Å². The Balaban J connectivity index is 2.08. The zero-order chi connectivity index (χ0) is 21.1. The zero-order valence-corrected chi connectivity index (χ0v) is 18.5. The van der Waals surface area contributed by atoms with Gasteiger partial charge in [-0.1, -0.05) is 13.0 Å². The van der Waals surface area contributed by atoms with Gasteiger partial charge in [0.1, 0.15) is 0 Å². The molecule has 1 heterocycles. The lowest BCUT2D eigenvalue weighted by Crippen LogP contribution is -2.47. The molecule has 0 aromatic heterocycles. The second-order valence-corrected chi connectivity index (χ2v) is 7.05. The minimum atomic E-state index is 0.176. The molecule has 8 heteroatoms. The second kappa shape index (κ2) is 12.5. The van der Waals surface area contributed by atoms with E-state index in [9.17, 15) is 0 Å². The molecule has 8 nitrogen and oxygen atoms in total. The van der Waals surface area contributed by atoms with Crippen LogP contribution in [0.4, 0.5) is 0 Å². The Labute approximate surface area is 175 Å². The van der Waals surface area contributed by atoms with Gasteiger partial charge < -0.3 is 29.7 Å². The highest BCUT2D eigenvalue weighted by molar-refractivity contribution is 5.79. The molecule has 2 rings (SSSR count). The van der Waals surface area contributed by atoms with Crippen molar-refractivity contribution in [3.8, 4) is 11.5 Å². The van der Waals surface area contributed by atoms with E-state index in [0.717, 1.165) is 69.9 Å². The summed E-state index contributed by atoms with van der Waals surface area (Å²) in [5, 5.41) is 6.88. The number of aliphatic imine (C=N–C) groups is 1. The van der Waals surface area contributed by atoms with Gasteiger partial charge >= 0.3 is 0 Å². The Bertz CT molecular complexity index is 635. The lowest BCUT2D eigenvalue weighted by atomic mass is 10.0. The molecule has 1 aromatic carbocycles. The van der Waals surface area contributed by atoms with Crippen molar-refractivity contribution in [2.24, 2.45) is 4.99 Å². The summed E-state index contributed by atoms with van der Waals surface area (Å²) in [6, 6.07) is 6.31. The first kappa shape index (κ1) is 23.3. The van der Waals surface area contributed by atoms with Crippen LogP contribution in [0, 0.1) is 0 Å². The van der Waals surface area contributed by atoms with Crippen molar-refractivity contribution in [1.29, 1.82) is 0 Å². The highest BCUT2D eigenvalue weighted by Gasteiger charge is 2.24. The first-order valence-corrected chi connectivity index (χ1v) is 10.3. The number of nitrogens with one attached hydrogen (secondary N) is 2. The maximum absolute atomic E-state index is 5.55. The Hall–Kier alpha value is -2.03. The Morgan fingerprint density at radius 1 is 1.21 bits per heavy atom. The van der Waals surface area contributed by atoms with Crippen molar-refractivity contribution in [2.45, 2.75) is 13.0 Å². The molecule has 0 aliphatic carbocycles. The fourth-order valence-corrected chi connectivity index (χ4v) is 3.34. The van der Waals surface area contributed by atoms with E-state index in [0.29, 0.717) is 0 Å². The van der Waals surface area contributed by atoms with Gasteiger partial charge in [-0.3, -0.25) is 9.89 Å². The lowest BCUT2D eigenvalue weighted by molar-refractivity contribution is 0.0169. The molecular formula is C21H37N5O3. The van der Waals surface area contributed by atoms with Crippen molar-refractivity contribution >= 4 is 5.96 Å². The van der Waals surface area contributed by atoms with Crippen LogP contribution in [0.1, 0.15) is 18.5 Å². The van der Waals surface area contributed by atoms with Crippen LogP contribution in [0.2, 0.25) is 0 Å². The number of morpholine rings is 1. The van der Waals surface area contributed by atoms with Gasteiger partial charge in [0.2, 0.25) is 0 Å². The van der Waals surface area contributed by atoms with Crippen LogP contribution >= 0.6 is 0 Å². The van der Waals surface area contributed by atoms with E-state index < -0.39 is 0 Å². The van der Waals surface area contributed by atoms with E-state index in [1.807, 2.05) is 6.07 Å². The quantitative estimate of drug-likeness (QED) is 0.446. The summed E-state index contributed by atoms with van der Waals surface area (Å²) in [7, 11) is 7.25. The maximum Gasteiger partial charge on any atom is 0.191 e. The molecule has 29 heavy (non-hydrogen) atoms. The molecule has 1 saturated heterocycles. The summed E-state index contributed by atoms with van der Waals surface area (Å²) >= 11 is 0. The normalized spacial score (nSPS) is 16.6. The first-order valence-electron chi connectivity index (χ1n) is 10.3. The fourth-order valence-electron chi connectivity index (χ4n) is 3.34. The summed E-state index contributed by atoms with van der Waals surface area (Å²) in [5.41, 5.74) is 1.18. The number of benzene rings is 1. The largest absolute Gasteiger partial charge is 0.493 e. The van der Waals surface area contributed by atoms with E-state index in [-0.39, 0.29) is 6.04 Å². The van der Waals surface area contributed by atoms with Gasteiger partial charge in [-0.2, -0.15) is 0 Å². The summed E-state index contributed by atoms with van der Waals surface area (Å²) in [6.45, 7) is 9.04. The van der Waals surface area contributed by atoms with Crippen LogP contribution in [0.15, 0.2) is 23.2 Å². The van der Waals surface area contributed by atoms with Crippen LogP contribution < -0.4 is 20.1 Å². The predicted octanol–water partition coefficient (Wildman–Crippen LogP) is 1.19. The molecule has 0 amide bonds. The molecule has 1 aliphatic rings. The third-order valence-electron chi connectivity index (χ3n) is 5.29. The van der Waals surface area contributed by atoms with Gasteiger partial charge in [0.25, 0.3) is 0 Å². The Morgan fingerprint density at radius 3 is 2.55 bits per heavy atom. The average molecular weight is 408 g/mol. The van der Waals surface area contributed by atoms with Crippen molar-refractivity contribution < 1.29 is 14.2 Å². The maximum atomic E-state index is 5.55. The molecule has 1 unspecified atom stereocenters. The molecule has 1 fully saturated rings. The summed E-state index contributed by atoms with van der Waals surface area (Å²) in [6.07, 6.45) is 0. The molecule has 0 radical (unpaired) electrons. The van der Waals surface area contributed by atoms with Gasteiger partial charge in [0, 0.05) is 39.8 Å². The SMILES string of the molecule is CCN(C)CCNC(=NC)NCC(c1ccc(OC)c(OC)c1)N1CCOCC1. The fraction of sp³-hybridized carbons (Fsp3) is 0.667. The summed E-state index contributed by atoms with van der Waals surface area (Å²) < 4.78 is 16.5. The van der Waals surface area contributed by atoms with Gasteiger partial charge in [-0.15, -0.1) is 0 Å². The average Bonchev–Trinajstić information content (AvgIpc) is 2.78. The van der Waals surface area contributed by atoms with Crippen LogP contribution in [0.3, 0.4) is 0 Å². The zero-order valence-electron chi connectivity index (χ0n) is 18.5. The van der Waals surface area contributed by atoms with Crippen molar-refractivity contribution in [3.63, 3.8) is 0 Å². The predicted molar refractivity (Wildman–Crippen MR) is 117 cm³/mol. The van der Waals surface area contributed by atoms with E-state index in [1.165, 1.54) is 5.56 Å². The van der Waals surface area contributed by atoms with Crippen molar-refractivity contribution in [1.82, 2.24) is 20.4 Å². The van der Waals surface area contributed by atoms with Gasteiger partial charge in [0.15, 0.2) is 17.5 Å². The monoisotopic (exact) mass is 407 g/mol.